The molecule has 1 aliphatic heterocycles. The zero-order valence-corrected chi connectivity index (χ0v) is 15.6. The number of pyridine rings is 1. The first-order chi connectivity index (χ1) is 11.5. The number of carbonyl (C=O) groups is 1. The Bertz CT molecular complexity index is 671. The number of rotatable bonds is 2. The number of anilines is 1. The van der Waals surface area contributed by atoms with E-state index in [1.165, 1.54) is 12.3 Å². The van der Waals surface area contributed by atoms with Crippen LogP contribution in [0.1, 0.15) is 40.2 Å². The van der Waals surface area contributed by atoms with E-state index in [4.69, 9.17) is 4.74 Å². The molecule has 2 unspecified atom stereocenters. The van der Waals surface area contributed by atoms with Gasteiger partial charge in [-0.1, -0.05) is 0 Å². The lowest BCUT2D eigenvalue weighted by Gasteiger charge is -2.45. The van der Waals surface area contributed by atoms with Crippen molar-refractivity contribution in [3.05, 3.63) is 27.9 Å². The van der Waals surface area contributed by atoms with Gasteiger partial charge in [0.2, 0.25) is 0 Å². The largest absolute Gasteiger partial charge is 0.444 e. The molecule has 0 aliphatic carbocycles. The molecular weight excluding hydrogens is 324 g/mol. The lowest BCUT2D eigenvalue weighted by atomic mass is 10.1. The second-order valence-corrected chi connectivity index (χ2v) is 7.57. The number of hydrogen-bond acceptors (Lipinski definition) is 6. The molecule has 1 aromatic rings. The molecule has 1 saturated heterocycles. The van der Waals surface area contributed by atoms with Gasteiger partial charge in [-0.15, -0.1) is 0 Å². The predicted octanol–water partition coefficient (Wildman–Crippen LogP) is 3.13. The Morgan fingerprint density at radius 1 is 1.32 bits per heavy atom. The van der Waals surface area contributed by atoms with Crippen LogP contribution in [0.25, 0.3) is 0 Å². The molecule has 2 heterocycles. The molecule has 138 valence electrons. The lowest BCUT2D eigenvalue weighted by molar-refractivity contribution is -0.385. The standard InChI is InChI=1S/C17H26N4O4/c1-11-7-14(21(23)24)8-18-15(11)19-9-13(3)20(10-12(19)2)16(22)25-17(4,5)6/h7-8,12-13H,9-10H2,1-6H3. The molecular formula is C17H26N4O4. The molecule has 0 bridgehead atoms. The zero-order chi connectivity index (χ0) is 18.9. The molecule has 8 heteroatoms. The van der Waals surface area contributed by atoms with Gasteiger partial charge >= 0.3 is 6.09 Å². The molecule has 0 radical (unpaired) electrons. The second kappa shape index (κ2) is 6.85. The number of carbonyl (C=O) groups excluding carboxylic acids is 1. The molecule has 0 aromatic carbocycles. The van der Waals surface area contributed by atoms with Crippen molar-refractivity contribution in [3.63, 3.8) is 0 Å². The Hall–Kier alpha value is -2.38. The van der Waals surface area contributed by atoms with E-state index in [1.807, 2.05) is 41.5 Å². The van der Waals surface area contributed by atoms with Crippen LogP contribution in [0.2, 0.25) is 0 Å². The predicted molar refractivity (Wildman–Crippen MR) is 94.8 cm³/mol. The van der Waals surface area contributed by atoms with Gasteiger partial charge in [-0.05, 0) is 47.1 Å². The van der Waals surface area contributed by atoms with Gasteiger partial charge in [0.15, 0.2) is 0 Å². The van der Waals surface area contributed by atoms with Crippen LogP contribution in [0, 0.1) is 17.0 Å². The number of hydrogen-bond donors (Lipinski definition) is 0. The maximum absolute atomic E-state index is 12.4. The molecule has 2 atom stereocenters. The van der Waals surface area contributed by atoms with Crippen molar-refractivity contribution in [1.82, 2.24) is 9.88 Å². The van der Waals surface area contributed by atoms with E-state index >= 15 is 0 Å². The van der Waals surface area contributed by atoms with Crippen LogP contribution in [0.5, 0.6) is 0 Å². The first kappa shape index (κ1) is 19.0. The van der Waals surface area contributed by atoms with E-state index in [-0.39, 0.29) is 23.9 Å². The van der Waals surface area contributed by atoms with Crippen LogP contribution in [-0.4, -0.2) is 51.7 Å². The van der Waals surface area contributed by atoms with E-state index in [9.17, 15) is 14.9 Å². The minimum absolute atomic E-state index is 0.0191. The summed E-state index contributed by atoms with van der Waals surface area (Å²) in [4.78, 5) is 30.9. The number of amides is 1. The average molecular weight is 350 g/mol. The maximum atomic E-state index is 12.4. The van der Waals surface area contributed by atoms with Gasteiger partial charge in [0.05, 0.1) is 4.92 Å². The molecule has 0 spiro atoms. The number of nitrogens with zero attached hydrogens (tertiary/aromatic N) is 4. The molecule has 1 aliphatic rings. The molecule has 0 saturated carbocycles. The quantitative estimate of drug-likeness (QED) is 0.601. The van der Waals surface area contributed by atoms with Gasteiger partial charge in [0, 0.05) is 31.2 Å². The molecule has 25 heavy (non-hydrogen) atoms. The fourth-order valence-electron chi connectivity index (χ4n) is 2.95. The van der Waals surface area contributed by atoms with E-state index < -0.39 is 10.5 Å². The highest BCUT2D eigenvalue weighted by Crippen LogP contribution is 2.27. The molecule has 1 amide bonds. The normalized spacial score (nSPS) is 21.2. The van der Waals surface area contributed by atoms with Crippen LogP contribution in [-0.2, 0) is 4.74 Å². The van der Waals surface area contributed by atoms with E-state index in [2.05, 4.69) is 9.88 Å². The van der Waals surface area contributed by atoms with Gasteiger partial charge in [0.25, 0.3) is 5.69 Å². The first-order valence-electron chi connectivity index (χ1n) is 8.37. The topological polar surface area (TPSA) is 88.8 Å². The number of aryl methyl sites for hydroxylation is 1. The van der Waals surface area contributed by atoms with Crippen LogP contribution in [0.4, 0.5) is 16.3 Å². The Morgan fingerprint density at radius 3 is 2.48 bits per heavy atom. The third-order valence-corrected chi connectivity index (χ3v) is 4.13. The van der Waals surface area contributed by atoms with Crippen LogP contribution in [0.15, 0.2) is 12.3 Å². The van der Waals surface area contributed by atoms with E-state index in [1.54, 1.807) is 4.90 Å². The fourth-order valence-corrected chi connectivity index (χ4v) is 2.95. The smallest absolute Gasteiger partial charge is 0.410 e. The third kappa shape index (κ3) is 4.37. The lowest BCUT2D eigenvalue weighted by Crippen LogP contribution is -2.59. The van der Waals surface area contributed by atoms with Crippen LogP contribution >= 0.6 is 0 Å². The molecule has 2 rings (SSSR count). The summed E-state index contributed by atoms with van der Waals surface area (Å²) in [6.07, 6.45) is 0.958. The molecule has 8 nitrogen and oxygen atoms in total. The maximum Gasteiger partial charge on any atom is 0.410 e. The summed E-state index contributed by atoms with van der Waals surface area (Å²) in [5, 5.41) is 10.9. The monoisotopic (exact) mass is 350 g/mol. The SMILES string of the molecule is Cc1cc([N+](=O)[O-])cnc1N1CC(C)N(C(=O)OC(C)(C)C)CC1C. The minimum Gasteiger partial charge on any atom is -0.444 e. The number of aromatic nitrogens is 1. The highest BCUT2D eigenvalue weighted by Gasteiger charge is 2.35. The Labute approximate surface area is 147 Å². The third-order valence-electron chi connectivity index (χ3n) is 4.13. The minimum atomic E-state index is -0.534. The summed E-state index contributed by atoms with van der Waals surface area (Å²) >= 11 is 0. The molecule has 0 N–H and O–H groups in total. The highest BCUT2D eigenvalue weighted by atomic mass is 16.6. The number of ether oxygens (including phenoxy) is 1. The zero-order valence-electron chi connectivity index (χ0n) is 15.6. The summed E-state index contributed by atoms with van der Waals surface area (Å²) in [5.41, 5.74) is 0.196. The first-order valence-corrected chi connectivity index (χ1v) is 8.37. The van der Waals surface area contributed by atoms with Crippen molar-refractivity contribution in [2.45, 2.75) is 59.2 Å². The van der Waals surface area contributed by atoms with Crippen molar-refractivity contribution in [2.24, 2.45) is 0 Å². The Kier molecular flexibility index (Phi) is 5.20. The number of nitro groups is 1. The highest BCUT2D eigenvalue weighted by molar-refractivity contribution is 5.69. The molecule has 1 fully saturated rings. The van der Waals surface area contributed by atoms with Crippen molar-refractivity contribution in [2.75, 3.05) is 18.0 Å². The van der Waals surface area contributed by atoms with Crippen LogP contribution in [0.3, 0.4) is 0 Å². The van der Waals surface area contributed by atoms with Crippen LogP contribution < -0.4 is 4.90 Å². The van der Waals surface area contributed by atoms with E-state index in [0.717, 1.165) is 5.56 Å². The van der Waals surface area contributed by atoms with Crippen molar-refractivity contribution in [3.8, 4) is 0 Å². The van der Waals surface area contributed by atoms with E-state index in [0.29, 0.717) is 18.9 Å². The summed E-state index contributed by atoms with van der Waals surface area (Å²) < 4.78 is 5.48. The Balaban J connectivity index is 2.17. The number of piperazine rings is 1. The fraction of sp³-hybridized carbons (Fsp3) is 0.647. The summed E-state index contributed by atoms with van der Waals surface area (Å²) in [6.45, 7) is 12.4. The second-order valence-electron chi connectivity index (χ2n) is 7.57. The Morgan fingerprint density at radius 2 is 1.96 bits per heavy atom. The van der Waals surface area contributed by atoms with Gasteiger partial charge in [-0.25, -0.2) is 9.78 Å². The summed E-state index contributed by atoms with van der Waals surface area (Å²) in [5.74, 6) is 0.716. The van der Waals surface area contributed by atoms with Gasteiger partial charge in [-0.3, -0.25) is 10.1 Å². The van der Waals surface area contributed by atoms with Gasteiger partial charge in [-0.2, -0.15) is 0 Å². The van der Waals surface area contributed by atoms with Crippen molar-refractivity contribution < 1.29 is 14.5 Å². The average Bonchev–Trinajstić information content (AvgIpc) is 2.47. The summed E-state index contributed by atoms with van der Waals surface area (Å²) in [6, 6.07) is 1.50. The summed E-state index contributed by atoms with van der Waals surface area (Å²) in [7, 11) is 0. The van der Waals surface area contributed by atoms with Gasteiger partial charge < -0.3 is 14.5 Å². The van der Waals surface area contributed by atoms with Crippen molar-refractivity contribution >= 4 is 17.6 Å². The van der Waals surface area contributed by atoms with Gasteiger partial charge in [0.1, 0.15) is 17.6 Å². The molecule has 1 aromatic heterocycles. The van der Waals surface area contributed by atoms with Crippen molar-refractivity contribution in [1.29, 1.82) is 0 Å².